The van der Waals surface area contributed by atoms with Gasteiger partial charge in [-0.3, -0.25) is 37.3 Å². The number of unbranched alkanes of at least 4 members (excludes halogenated alkanes) is 44. The molecule has 0 aromatic heterocycles. The topological polar surface area (TPSA) is 237 Å². The van der Waals surface area contributed by atoms with E-state index in [0.29, 0.717) is 31.6 Å². The first-order valence-corrected chi connectivity index (χ1v) is 42.5. The molecule has 0 spiro atoms. The van der Waals surface area contributed by atoms with Crippen LogP contribution in [0.4, 0.5) is 0 Å². The molecule has 6 atom stereocenters. The summed E-state index contributed by atoms with van der Waals surface area (Å²) in [7, 11) is -9.91. The van der Waals surface area contributed by atoms with Crippen LogP contribution in [0.15, 0.2) is 0 Å². The SMILES string of the molecule is CCCCCCCCCCCCCCCCCCCCCCCCC(=O)O[C@H](COC(=O)CCCCCCCCCCCCCCCC)COP(=O)(O)OC[C@@H](O)COP(=O)(O)OC[C@@H](COC(=O)CCCCCCCCC(C)C)OC(=O)CCCCCCCCC(C)CC. The molecule has 0 aromatic rings. The minimum absolute atomic E-state index is 0.102. The zero-order chi connectivity index (χ0) is 70.0. The molecule has 0 fully saturated rings. The van der Waals surface area contributed by atoms with Gasteiger partial charge in [-0.05, 0) is 37.5 Å². The van der Waals surface area contributed by atoms with E-state index in [0.717, 1.165) is 102 Å². The van der Waals surface area contributed by atoms with E-state index in [2.05, 4.69) is 41.5 Å². The number of aliphatic hydroxyl groups is 1. The number of rotatable bonds is 75. The minimum Gasteiger partial charge on any atom is -0.462 e. The fourth-order valence-corrected chi connectivity index (χ4v) is 13.2. The molecule has 0 saturated carbocycles. The predicted octanol–water partition coefficient (Wildman–Crippen LogP) is 22.3. The van der Waals surface area contributed by atoms with Gasteiger partial charge in [0.2, 0.25) is 0 Å². The third kappa shape index (κ3) is 69.0. The highest BCUT2D eigenvalue weighted by atomic mass is 31.2. The average Bonchev–Trinajstić information content (AvgIpc) is 3.48. The molecule has 0 aromatic carbocycles. The number of esters is 4. The van der Waals surface area contributed by atoms with Gasteiger partial charge in [0.15, 0.2) is 12.2 Å². The molecule has 0 saturated heterocycles. The Bertz CT molecular complexity index is 1840. The van der Waals surface area contributed by atoms with Crippen molar-refractivity contribution in [2.24, 2.45) is 11.8 Å². The summed E-state index contributed by atoms with van der Waals surface area (Å²) in [4.78, 5) is 72.7. The van der Waals surface area contributed by atoms with Gasteiger partial charge in [-0.25, -0.2) is 9.13 Å². The number of ether oxygens (including phenoxy) is 4. The van der Waals surface area contributed by atoms with Crippen LogP contribution in [0.3, 0.4) is 0 Å². The number of hydrogen-bond donors (Lipinski definition) is 3. The quantitative estimate of drug-likeness (QED) is 0.0222. The maximum absolute atomic E-state index is 13.1. The van der Waals surface area contributed by atoms with Crippen molar-refractivity contribution in [2.45, 2.75) is 413 Å². The Morgan fingerprint density at radius 3 is 0.800 bits per heavy atom. The number of phosphoric acid groups is 2. The van der Waals surface area contributed by atoms with Gasteiger partial charge in [0.1, 0.15) is 19.3 Å². The lowest BCUT2D eigenvalue weighted by Crippen LogP contribution is -2.30. The Morgan fingerprint density at radius 1 is 0.305 bits per heavy atom. The summed E-state index contributed by atoms with van der Waals surface area (Å²) in [5.74, 6) is -0.723. The van der Waals surface area contributed by atoms with Gasteiger partial charge >= 0.3 is 39.5 Å². The van der Waals surface area contributed by atoms with E-state index in [-0.39, 0.29) is 25.7 Å². The van der Waals surface area contributed by atoms with E-state index >= 15 is 0 Å². The normalized spacial score (nSPS) is 14.3. The smallest absolute Gasteiger partial charge is 0.462 e. The van der Waals surface area contributed by atoms with Crippen molar-refractivity contribution in [2.75, 3.05) is 39.6 Å². The third-order valence-corrected chi connectivity index (χ3v) is 20.0. The highest BCUT2D eigenvalue weighted by Gasteiger charge is 2.30. The van der Waals surface area contributed by atoms with Crippen molar-refractivity contribution in [1.82, 2.24) is 0 Å². The predicted molar refractivity (Wildman–Crippen MR) is 386 cm³/mol. The van der Waals surface area contributed by atoms with Gasteiger partial charge < -0.3 is 33.8 Å². The van der Waals surface area contributed by atoms with Gasteiger partial charge in [-0.15, -0.1) is 0 Å². The molecular weight excluding hydrogens is 1250 g/mol. The lowest BCUT2D eigenvalue weighted by atomic mass is 10.00. The number of phosphoric ester groups is 2. The fraction of sp³-hybridized carbons (Fsp3) is 0.947. The van der Waals surface area contributed by atoms with E-state index < -0.39 is 97.5 Å². The highest BCUT2D eigenvalue weighted by Crippen LogP contribution is 2.45. The number of hydrogen-bond acceptors (Lipinski definition) is 15. The summed E-state index contributed by atoms with van der Waals surface area (Å²) in [6.07, 6.45) is 55.9. The van der Waals surface area contributed by atoms with Crippen LogP contribution < -0.4 is 0 Å². The molecule has 0 radical (unpaired) electrons. The molecule has 0 bridgehead atoms. The van der Waals surface area contributed by atoms with Crippen LogP contribution in [0.2, 0.25) is 0 Å². The van der Waals surface area contributed by atoms with Crippen LogP contribution in [-0.4, -0.2) is 96.7 Å². The van der Waals surface area contributed by atoms with Crippen LogP contribution >= 0.6 is 15.6 Å². The van der Waals surface area contributed by atoms with Crippen LogP contribution in [0.1, 0.15) is 395 Å². The molecule has 17 nitrogen and oxygen atoms in total. The Kier molecular flexibility index (Phi) is 66.5. The summed E-state index contributed by atoms with van der Waals surface area (Å²) >= 11 is 0. The Balaban J connectivity index is 5.17. The molecule has 0 rings (SSSR count). The summed E-state index contributed by atoms with van der Waals surface area (Å²) < 4.78 is 68.4. The molecule has 3 unspecified atom stereocenters. The van der Waals surface area contributed by atoms with Crippen molar-refractivity contribution in [3.8, 4) is 0 Å². The van der Waals surface area contributed by atoms with Gasteiger partial charge in [0, 0.05) is 25.7 Å². The molecule has 0 aliphatic rings. The monoisotopic (exact) mass is 1400 g/mol. The van der Waals surface area contributed by atoms with Crippen LogP contribution in [0.5, 0.6) is 0 Å². The van der Waals surface area contributed by atoms with Gasteiger partial charge in [-0.2, -0.15) is 0 Å². The lowest BCUT2D eigenvalue weighted by molar-refractivity contribution is -0.161. The van der Waals surface area contributed by atoms with Gasteiger partial charge in [0.25, 0.3) is 0 Å². The second kappa shape index (κ2) is 67.9. The lowest BCUT2D eigenvalue weighted by Gasteiger charge is -2.21. The first-order valence-electron chi connectivity index (χ1n) is 39.5. The second-order valence-electron chi connectivity index (χ2n) is 28.1. The maximum Gasteiger partial charge on any atom is 0.472 e. The van der Waals surface area contributed by atoms with Crippen LogP contribution in [0.25, 0.3) is 0 Å². The van der Waals surface area contributed by atoms with E-state index in [1.807, 2.05) is 0 Å². The molecule has 95 heavy (non-hydrogen) atoms. The van der Waals surface area contributed by atoms with Crippen molar-refractivity contribution < 1.29 is 80.2 Å². The fourth-order valence-electron chi connectivity index (χ4n) is 11.6. The molecule has 3 N–H and O–H groups in total. The van der Waals surface area contributed by atoms with E-state index in [4.69, 9.17) is 37.0 Å². The molecule has 564 valence electrons. The molecule has 0 amide bonds. The summed E-state index contributed by atoms with van der Waals surface area (Å²) in [5.41, 5.74) is 0. The summed E-state index contributed by atoms with van der Waals surface area (Å²) in [6.45, 7) is 9.45. The molecule has 0 aliphatic carbocycles. The van der Waals surface area contributed by atoms with Crippen molar-refractivity contribution >= 4 is 39.5 Å². The molecule has 0 heterocycles. The zero-order valence-corrected chi connectivity index (χ0v) is 63.8. The van der Waals surface area contributed by atoms with Crippen molar-refractivity contribution in [3.05, 3.63) is 0 Å². The van der Waals surface area contributed by atoms with Crippen molar-refractivity contribution in [1.29, 1.82) is 0 Å². The zero-order valence-electron chi connectivity index (χ0n) is 62.0. The number of carbonyl (C=O) groups excluding carboxylic acids is 4. The minimum atomic E-state index is -4.96. The van der Waals surface area contributed by atoms with Crippen LogP contribution in [-0.2, 0) is 65.4 Å². The molecular formula is C76H148O17P2. The maximum atomic E-state index is 13.1. The summed E-state index contributed by atoms with van der Waals surface area (Å²) in [5, 5.41) is 10.6. The first kappa shape index (κ1) is 93.1. The van der Waals surface area contributed by atoms with Crippen LogP contribution in [0, 0.1) is 11.8 Å². The van der Waals surface area contributed by atoms with E-state index in [9.17, 15) is 43.2 Å². The van der Waals surface area contributed by atoms with Crippen molar-refractivity contribution in [3.63, 3.8) is 0 Å². The first-order chi connectivity index (χ1) is 45.9. The Hall–Kier alpha value is -1.94. The largest absolute Gasteiger partial charge is 0.472 e. The highest BCUT2D eigenvalue weighted by molar-refractivity contribution is 7.47. The average molecular weight is 1400 g/mol. The Labute approximate surface area is 581 Å². The molecule has 0 aliphatic heterocycles. The van der Waals surface area contributed by atoms with Gasteiger partial charge in [0.05, 0.1) is 26.4 Å². The van der Waals surface area contributed by atoms with E-state index in [1.54, 1.807) is 0 Å². The number of carbonyl (C=O) groups is 4. The number of aliphatic hydroxyl groups excluding tert-OH is 1. The Morgan fingerprint density at radius 2 is 0.537 bits per heavy atom. The van der Waals surface area contributed by atoms with Gasteiger partial charge in [-0.1, -0.05) is 343 Å². The third-order valence-electron chi connectivity index (χ3n) is 18.1. The summed E-state index contributed by atoms with van der Waals surface area (Å²) in [6, 6.07) is 0. The molecule has 19 heteroatoms. The second-order valence-corrected chi connectivity index (χ2v) is 31.0. The standard InChI is InChI=1S/C76H148O17P2/c1-7-10-12-14-16-18-20-22-24-25-26-27-28-29-30-31-33-35-37-39-48-54-60-75(80)92-71(64-86-73(78)58-52-46-38-36-34-32-23-21-19-17-15-13-11-8-2)66-90-94(82,83)88-62-70(77)63-89-95(84,85)91-67-72(65-87-74(79)59-53-47-42-40-44-50-56-68(4)5)93-76(81)61-55-49-43-41-45-51-57-69(6)9-3/h68-72,77H,7-67H2,1-6H3,(H,82,83)(H,84,85)/t69?,70-,71-,72-/m1/s1. The van der Waals surface area contributed by atoms with E-state index in [1.165, 1.54) is 205 Å².